The first-order valence-electron chi connectivity index (χ1n) is 4.93. The molecule has 0 saturated heterocycles. The van der Waals surface area contributed by atoms with Gasteiger partial charge in [0.25, 0.3) is 0 Å². The molecule has 0 spiro atoms. The molecule has 2 aromatic heterocycles. The molecule has 0 atom stereocenters. The number of nitrogens with zero attached hydrogens (tertiary/aromatic N) is 1. The molecule has 0 fully saturated rings. The predicted octanol–water partition coefficient (Wildman–Crippen LogP) is 4.62. The monoisotopic (exact) mass is 245 g/mol. The highest BCUT2D eigenvalue weighted by atomic mass is 35.5. The van der Waals surface area contributed by atoms with Crippen LogP contribution in [-0.2, 0) is 0 Å². The fourth-order valence-electron chi connectivity index (χ4n) is 1.63. The SMILES string of the molecule is Clc1ccc(-c2cc3cccnc3s2)cc1. The van der Waals surface area contributed by atoms with Crippen LogP contribution in [0, 0.1) is 0 Å². The number of thiophene rings is 1. The zero-order chi connectivity index (χ0) is 11.0. The first-order valence-corrected chi connectivity index (χ1v) is 6.13. The Morgan fingerprint density at radius 2 is 1.88 bits per heavy atom. The lowest BCUT2D eigenvalue weighted by Crippen LogP contribution is -1.69. The van der Waals surface area contributed by atoms with E-state index in [1.165, 1.54) is 15.8 Å². The highest BCUT2D eigenvalue weighted by molar-refractivity contribution is 7.21. The van der Waals surface area contributed by atoms with Crippen molar-refractivity contribution in [2.45, 2.75) is 0 Å². The minimum absolute atomic E-state index is 0.767. The van der Waals surface area contributed by atoms with Crippen molar-refractivity contribution in [1.29, 1.82) is 0 Å². The minimum Gasteiger partial charge on any atom is -0.245 e. The van der Waals surface area contributed by atoms with Crippen LogP contribution in [0.5, 0.6) is 0 Å². The van der Waals surface area contributed by atoms with Crippen LogP contribution in [0.2, 0.25) is 5.02 Å². The fourth-order valence-corrected chi connectivity index (χ4v) is 2.76. The molecule has 0 amide bonds. The lowest BCUT2D eigenvalue weighted by atomic mass is 10.2. The van der Waals surface area contributed by atoms with Gasteiger partial charge in [0, 0.05) is 21.5 Å². The van der Waals surface area contributed by atoms with Crippen molar-refractivity contribution in [1.82, 2.24) is 4.98 Å². The summed E-state index contributed by atoms with van der Waals surface area (Å²) in [5.74, 6) is 0. The Labute approximate surface area is 102 Å². The van der Waals surface area contributed by atoms with Crippen molar-refractivity contribution in [3.8, 4) is 10.4 Å². The summed E-state index contributed by atoms with van der Waals surface area (Å²) in [6.07, 6.45) is 1.82. The van der Waals surface area contributed by atoms with Gasteiger partial charge >= 0.3 is 0 Å². The molecule has 3 heteroatoms. The number of benzene rings is 1. The van der Waals surface area contributed by atoms with Gasteiger partial charge in [0.05, 0.1) is 0 Å². The fraction of sp³-hybridized carbons (Fsp3) is 0. The molecule has 0 bridgehead atoms. The van der Waals surface area contributed by atoms with Gasteiger partial charge < -0.3 is 0 Å². The van der Waals surface area contributed by atoms with Gasteiger partial charge in [0.15, 0.2) is 0 Å². The Morgan fingerprint density at radius 3 is 2.62 bits per heavy atom. The summed E-state index contributed by atoms with van der Waals surface area (Å²) in [7, 11) is 0. The molecular weight excluding hydrogens is 238 g/mol. The molecule has 0 aliphatic heterocycles. The average molecular weight is 246 g/mol. The van der Waals surface area contributed by atoms with E-state index in [9.17, 15) is 0 Å². The second-order valence-electron chi connectivity index (χ2n) is 3.52. The topological polar surface area (TPSA) is 12.9 Å². The third-order valence-corrected chi connectivity index (χ3v) is 3.78. The average Bonchev–Trinajstić information content (AvgIpc) is 2.73. The largest absolute Gasteiger partial charge is 0.245 e. The third kappa shape index (κ3) is 1.70. The summed E-state index contributed by atoms with van der Waals surface area (Å²) in [6, 6.07) is 14.1. The number of fused-ring (bicyclic) bond motifs is 1. The van der Waals surface area contributed by atoms with Gasteiger partial charge in [-0.3, -0.25) is 0 Å². The molecule has 0 unspecified atom stereocenters. The van der Waals surface area contributed by atoms with Crippen molar-refractivity contribution in [2.75, 3.05) is 0 Å². The number of aromatic nitrogens is 1. The molecule has 3 rings (SSSR count). The van der Waals surface area contributed by atoms with Gasteiger partial charge in [0.2, 0.25) is 0 Å². The molecule has 2 heterocycles. The Hall–Kier alpha value is -1.38. The third-order valence-electron chi connectivity index (χ3n) is 2.42. The van der Waals surface area contributed by atoms with Crippen molar-refractivity contribution < 1.29 is 0 Å². The first kappa shape index (κ1) is 9.82. The highest BCUT2D eigenvalue weighted by Gasteiger charge is 2.04. The van der Waals surface area contributed by atoms with Crippen LogP contribution in [-0.4, -0.2) is 4.98 Å². The van der Waals surface area contributed by atoms with Crippen molar-refractivity contribution >= 4 is 33.2 Å². The molecule has 0 aliphatic carbocycles. The second-order valence-corrected chi connectivity index (χ2v) is 4.98. The second kappa shape index (κ2) is 3.89. The van der Waals surface area contributed by atoms with Gasteiger partial charge in [-0.2, -0.15) is 0 Å². The summed E-state index contributed by atoms with van der Waals surface area (Å²) < 4.78 is 0. The first-order chi connectivity index (χ1) is 7.83. The highest BCUT2D eigenvalue weighted by Crippen LogP contribution is 2.32. The number of pyridine rings is 1. The molecule has 16 heavy (non-hydrogen) atoms. The van der Waals surface area contributed by atoms with Gasteiger partial charge in [-0.1, -0.05) is 29.8 Å². The molecule has 1 aromatic carbocycles. The normalized spacial score (nSPS) is 10.8. The number of rotatable bonds is 1. The molecule has 0 N–H and O–H groups in total. The van der Waals surface area contributed by atoms with Gasteiger partial charge in [-0.15, -0.1) is 11.3 Å². The van der Waals surface area contributed by atoms with E-state index < -0.39 is 0 Å². The van der Waals surface area contributed by atoms with E-state index in [4.69, 9.17) is 11.6 Å². The van der Waals surface area contributed by atoms with Crippen LogP contribution >= 0.6 is 22.9 Å². The van der Waals surface area contributed by atoms with Crippen LogP contribution in [0.25, 0.3) is 20.7 Å². The van der Waals surface area contributed by atoms with Gasteiger partial charge in [0.1, 0.15) is 4.83 Å². The maximum atomic E-state index is 5.87. The molecule has 3 aromatic rings. The summed E-state index contributed by atoms with van der Waals surface area (Å²) in [6.45, 7) is 0. The van der Waals surface area contributed by atoms with Crippen LogP contribution < -0.4 is 0 Å². The molecule has 1 nitrogen and oxygen atoms in total. The molecular formula is C13H8ClNS. The number of hydrogen-bond acceptors (Lipinski definition) is 2. The smallest absolute Gasteiger partial charge is 0.123 e. The van der Waals surface area contributed by atoms with E-state index in [0.717, 1.165) is 9.85 Å². The molecule has 0 saturated carbocycles. The zero-order valence-corrected chi connectivity index (χ0v) is 9.92. The Kier molecular flexibility index (Phi) is 2.39. The maximum absolute atomic E-state index is 5.87. The maximum Gasteiger partial charge on any atom is 0.123 e. The van der Waals surface area contributed by atoms with E-state index in [1.807, 2.05) is 36.5 Å². The van der Waals surface area contributed by atoms with E-state index in [2.05, 4.69) is 17.1 Å². The number of halogens is 1. The standard InChI is InChI=1S/C13H8ClNS/c14-11-5-3-9(4-6-11)12-8-10-2-1-7-15-13(10)16-12/h1-8H. The molecule has 0 radical (unpaired) electrons. The Bertz CT molecular complexity index is 595. The van der Waals surface area contributed by atoms with Crippen LogP contribution in [0.15, 0.2) is 48.7 Å². The predicted molar refractivity (Wildman–Crippen MR) is 70.1 cm³/mol. The number of hydrogen-bond donors (Lipinski definition) is 0. The van der Waals surface area contributed by atoms with Gasteiger partial charge in [-0.25, -0.2) is 4.98 Å². The summed E-state index contributed by atoms with van der Waals surface area (Å²) in [4.78, 5) is 6.64. The summed E-state index contributed by atoms with van der Waals surface area (Å²) in [5, 5.41) is 1.96. The summed E-state index contributed by atoms with van der Waals surface area (Å²) in [5.41, 5.74) is 1.19. The Balaban J connectivity index is 2.15. The van der Waals surface area contributed by atoms with E-state index in [-0.39, 0.29) is 0 Å². The van der Waals surface area contributed by atoms with Crippen LogP contribution in [0.4, 0.5) is 0 Å². The van der Waals surface area contributed by atoms with Crippen LogP contribution in [0.1, 0.15) is 0 Å². The van der Waals surface area contributed by atoms with Gasteiger partial charge in [-0.05, 0) is 29.8 Å². The van der Waals surface area contributed by atoms with Crippen molar-refractivity contribution in [3.63, 3.8) is 0 Å². The quantitative estimate of drug-likeness (QED) is 0.610. The minimum atomic E-state index is 0.767. The summed E-state index contributed by atoms with van der Waals surface area (Å²) >= 11 is 7.57. The molecule has 0 aliphatic rings. The van der Waals surface area contributed by atoms with Crippen LogP contribution in [0.3, 0.4) is 0 Å². The van der Waals surface area contributed by atoms with E-state index in [0.29, 0.717) is 0 Å². The lowest BCUT2D eigenvalue weighted by molar-refractivity contribution is 1.45. The van der Waals surface area contributed by atoms with Crippen molar-refractivity contribution in [3.05, 3.63) is 53.7 Å². The van der Waals surface area contributed by atoms with Crippen molar-refractivity contribution in [2.24, 2.45) is 0 Å². The Morgan fingerprint density at radius 1 is 1.06 bits per heavy atom. The van der Waals surface area contributed by atoms with E-state index in [1.54, 1.807) is 11.3 Å². The van der Waals surface area contributed by atoms with E-state index >= 15 is 0 Å². The molecule has 78 valence electrons. The lowest BCUT2D eigenvalue weighted by Gasteiger charge is -1.95. The zero-order valence-electron chi connectivity index (χ0n) is 8.35.